The Bertz CT molecular complexity index is 341. The molecule has 0 aromatic heterocycles. The van der Waals surface area contributed by atoms with Gasteiger partial charge in [0.15, 0.2) is 0 Å². The third kappa shape index (κ3) is 3.13. The van der Waals surface area contributed by atoms with E-state index in [0.717, 1.165) is 12.8 Å². The SMILES string of the molecule is O=S(=O)(C1CCOCC1)N1CCC(CCCl)C1. The molecule has 0 N–H and O–H groups in total. The fourth-order valence-corrected chi connectivity index (χ4v) is 4.90. The highest BCUT2D eigenvalue weighted by Crippen LogP contribution is 2.27. The molecule has 2 aliphatic rings. The van der Waals surface area contributed by atoms with Gasteiger partial charge in [-0.1, -0.05) is 0 Å². The molecule has 17 heavy (non-hydrogen) atoms. The van der Waals surface area contributed by atoms with Crippen LogP contribution in [0.15, 0.2) is 0 Å². The lowest BCUT2D eigenvalue weighted by Crippen LogP contribution is -2.40. The molecule has 0 aliphatic carbocycles. The van der Waals surface area contributed by atoms with Gasteiger partial charge in [-0.2, -0.15) is 0 Å². The molecular formula is C11H20ClNO3S. The molecule has 0 aromatic rings. The number of hydrogen-bond acceptors (Lipinski definition) is 3. The van der Waals surface area contributed by atoms with Gasteiger partial charge in [-0.3, -0.25) is 0 Å². The van der Waals surface area contributed by atoms with Crippen LogP contribution in [0.3, 0.4) is 0 Å². The second kappa shape index (κ2) is 5.87. The van der Waals surface area contributed by atoms with Gasteiger partial charge in [-0.05, 0) is 31.6 Å². The number of hydrogen-bond donors (Lipinski definition) is 0. The van der Waals surface area contributed by atoms with E-state index in [-0.39, 0.29) is 5.25 Å². The van der Waals surface area contributed by atoms with Gasteiger partial charge in [0.05, 0.1) is 5.25 Å². The van der Waals surface area contributed by atoms with Gasteiger partial charge in [0, 0.05) is 32.2 Å². The van der Waals surface area contributed by atoms with E-state index >= 15 is 0 Å². The van der Waals surface area contributed by atoms with Crippen LogP contribution in [0.2, 0.25) is 0 Å². The van der Waals surface area contributed by atoms with Gasteiger partial charge in [-0.15, -0.1) is 11.6 Å². The van der Waals surface area contributed by atoms with Gasteiger partial charge in [0.25, 0.3) is 0 Å². The third-order valence-corrected chi connectivity index (χ3v) is 6.30. The summed E-state index contributed by atoms with van der Waals surface area (Å²) in [6, 6.07) is 0. The molecular weight excluding hydrogens is 262 g/mol. The first kappa shape index (κ1) is 13.6. The summed E-state index contributed by atoms with van der Waals surface area (Å²) in [6.45, 7) is 2.47. The van der Waals surface area contributed by atoms with Crippen LogP contribution < -0.4 is 0 Å². The first-order chi connectivity index (χ1) is 8.14. The van der Waals surface area contributed by atoms with Crippen molar-refractivity contribution in [3.05, 3.63) is 0 Å². The largest absolute Gasteiger partial charge is 0.381 e. The quantitative estimate of drug-likeness (QED) is 0.733. The van der Waals surface area contributed by atoms with Crippen molar-refractivity contribution in [1.82, 2.24) is 4.31 Å². The average Bonchev–Trinajstić information content (AvgIpc) is 2.80. The fourth-order valence-electron chi connectivity index (χ4n) is 2.60. The minimum absolute atomic E-state index is 0.231. The zero-order valence-corrected chi connectivity index (χ0v) is 11.5. The predicted molar refractivity (Wildman–Crippen MR) is 67.8 cm³/mol. The fraction of sp³-hybridized carbons (Fsp3) is 1.00. The highest BCUT2D eigenvalue weighted by Gasteiger charge is 2.37. The van der Waals surface area contributed by atoms with E-state index in [1.54, 1.807) is 4.31 Å². The summed E-state index contributed by atoms with van der Waals surface area (Å²) in [5.41, 5.74) is 0. The van der Waals surface area contributed by atoms with Gasteiger partial charge in [0.2, 0.25) is 10.0 Å². The third-order valence-electron chi connectivity index (χ3n) is 3.72. The smallest absolute Gasteiger partial charge is 0.217 e. The zero-order valence-electron chi connectivity index (χ0n) is 9.98. The van der Waals surface area contributed by atoms with Crippen LogP contribution in [0.25, 0.3) is 0 Å². The molecule has 4 nitrogen and oxygen atoms in total. The van der Waals surface area contributed by atoms with Crippen molar-refractivity contribution in [3.8, 4) is 0 Å². The van der Waals surface area contributed by atoms with Crippen LogP contribution in [0.4, 0.5) is 0 Å². The Morgan fingerprint density at radius 2 is 1.94 bits per heavy atom. The summed E-state index contributed by atoms with van der Waals surface area (Å²) in [7, 11) is -3.10. The maximum Gasteiger partial charge on any atom is 0.217 e. The molecule has 0 radical (unpaired) electrons. The maximum absolute atomic E-state index is 12.4. The number of ether oxygens (including phenoxy) is 1. The number of alkyl halides is 1. The van der Waals surface area contributed by atoms with E-state index in [2.05, 4.69) is 0 Å². The van der Waals surface area contributed by atoms with Gasteiger partial charge < -0.3 is 4.74 Å². The second-order valence-corrected chi connectivity index (χ2v) is 7.44. The van der Waals surface area contributed by atoms with E-state index in [0.29, 0.717) is 50.9 Å². The second-order valence-electron chi connectivity index (χ2n) is 4.85. The summed E-state index contributed by atoms with van der Waals surface area (Å²) in [5.74, 6) is 1.07. The summed E-state index contributed by atoms with van der Waals surface area (Å²) < 4.78 is 31.6. The molecule has 6 heteroatoms. The van der Waals surface area contributed by atoms with Crippen LogP contribution >= 0.6 is 11.6 Å². The van der Waals surface area contributed by atoms with Gasteiger partial charge in [0.1, 0.15) is 0 Å². The first-order valence-corrected chi connectivity index (χ1v) is 8.31. The van der Waals surface area contributed by atoms with Crippen LogP contribution in [-0.4, -0.2) is 50.2 Å². The lowest BCUT2D eigenvalue weighted by atomic mass is 10.1. The Balaban J connectivity index is 1.96. The standard InChI is InChI=1S/C11H20ClNO3S/c12-5-1-10-2-6-13(9-10)17(14,15)11-3-7-16-8-4-11/h10-11H,1-9H2. The Hall–Kier alpha value is 0.160. The molecule has 2 rings (SSSR count). The molecule has 2 fully saturated rings. The molecule has 2 saturated heterocycles. The van der Waals surface area contributed by atoms with E-state index in [1.165, 1.54) is 0 Å². The number of halogens is 1. The topological polar surface area (TPSA) is 46.6 Å². The van der Waals surface area contributed by atoms with Crippen molar-refractivity contribution in [1.29, 1.82) is 0 Å². The average molecular weight is 282 g/mol. The summed E-state index contributed by atoms with van der Waals surface area (Å²) >= 11 is 5.71. The number of nitrogens with zero attached hydrogens (tertiary/aromatic N) is 1. The molecule has 0 amide bonds. The molecule has 1 atom stereocenters. The zero-order chi connectivity index (χ0) is 12.3. The van der Waals surface area contributed by atoms with Crippen molar-refractivity contribution in [2.24, 2.45) is 5.92 Å². The van der Waals surface area contributed by atoms with Crippen LogP contribution in [0, 0.1) is 5.92 Å². The molecule has 0 spiro atoms. The molecule has 1 unspecified atom stereocenters. The van der Waals surface area contributed by atoms with Crippen molar-refractivity contribution in [2.45, 2.75) is 30.9 Å². The van der Waals surface area contributed by atoms with E-state index in [1.807, 2.05) is 0 Å². The van der Waals surface area contributed by atoms with Crippen molar-refractivity contribution >= 4 is 21.6 Å². The van der Waals surface area contributed by atoms with E-state index < -0.39 is 10.0 Å². The number of rotatable bonds is 4. The van der Waals surface area contributed by atoms with E-state index in [9.17, 15) is 8.42 Å². The minimum Gasteiger partial charge on any atom is -0.381 e. The van der Waals surface area contributed by atoms with Gasteiger partial charge >= 0.3 is 0 Å². The van der Waals surface area contributed by atoms with Crippen LogP contribution in [0.1, 0.15) is 25.7 Å². The molecule has 100 valence electrons. The van der Waals surface area contributed by atoms with Crippen LogP contribution in [-0.2, 0) is 14.8 Å². The highest BCUT2D eigenvalue weighted by atomic mass is 35.5. The molecule has 2 heterocycles. The van der Waals surface area contributed by atoms with Crippen molar-refractivity contribution in [3.63, 3.8) is 0 Å². The Morgan fingerprint density at radius 1 is 1.24 bits per heavy atom. The Morgan fingerprint density at radius 3 is 2.59 bits per heavy atom. The molecule has 0 saturated carbocycles. The Labute approximate surface area is 108 Å². The summed E-state index contributed by atoms with van der Waals surface area (Å²) in [6.07, 6.45) is 3.15. The molecule has 0 bridgehead atoms. The maximum atomic E-state index is 12.4. The van der Waals surface area contributed by atoms with E-state index in [4.69, 9.17) is 16.3 Å². The predicted octanol–water partition coefficient (Wildman–Crippen LogP) is 1.45. The lowest BCUT2D eigenvalue weighted by Gasteiger charge is -2.27. The Kier molecular flexibility index (Phi) is 4.69. The summed E-state index contributed by atoms with van der Waals surface area (Å²) in [4.78, 5) is 0. The normalized spacial score (nSPS) is 28.6. The summed E-state index contributed by atoms with van der Waals surface area (Å²) in [5, 5.41) is -0.231. The lowest BCUT2D eigenvalue weighted by molar-refractivity contribution is 0.0973. The monoisotopic (exact) mass is 281 g/mol. The number of sulfonamides is 1. The molecule has 0 aromatic carbocycles. The van der Waals surface area contributed by atoms with Crippen molar-refractivity contribution in [2.75, 3.05) is 32.2 Å². The van der Waals surface area contributed by atoms with Crippen LogP contribution in [0.5, 0.6) is 0 Å². The van der Waals surface area contributed by atoms with Crippen molar-refractivity contribution < 1.29 is 13.2 Å². The minimum atomic E-state index is -3.10. The highest BCUT2D eigenvalue weighted by molar-refractivity contribution is 7.89. The van der Waals surface area contributed by atoms with Gasteiger partial charge in [-0.25, -0.2) is 12.7 Å². The first-order valence-electron chi connectivity index (χ1n) is 6.27. The molecule has 2 aliphatic heterocycles.